The van der Waals surface area contributed by atoms with Gasteiger partial charge in [0.1, 0.15) is 10.1 Å². The van der Waals surface area contributed by atoms with Crippen molar-refractivity contribution in [2.45, 2.75) is 40.0 Å². The summed E-state index contributed by atoms with van der Waals surface area (Å²) in [6, 6.07) is 10.4. The second-order valence-corrected chi connectivity index (χ2v) is 10.5. The van der Waals surface area contributed by atoms with Crippen molar-refractivity contribution in [2.75, 3.05) is 24.5 Å². The maximum absolute atomic E-state index is 13.0. The van der Waals surface area contributed by atoms with E-state index in [9.17, 15) is 4.79 Å². The van der Waals surface area contributed by atoms with Crippen LogP contribution in [0.2, 0.25) is 0 Å². The second kappa shape index (κ2) is 9.06. The first-order valence-corrected chi connectivity index (χ1v) is 12.0. The second-order valence-electron chi connectivity index (χ2n) is 8.78. The highest BCUT2D eigenvalue weighted by Gasteiger charge is 2.32. The van der Waals surface area contributed by atoms with Gasteiger partial charge in [0.15, 0.2) is 0 Å². The van der Waals surface area contributed by atoms with Crippen LogP contribution < -0.4 is 4.90 Å². The van der Waals surface area contributed by atoms with Crippen LogP contribution in [-0.2, 0) is 4.79 Å². The van der Waals surface area contributed by atoms with Crippen LogP contribution in [0.15, 0.2) is 35.2 Å². The molecule has 1 amide bonds. The minimum atomic E-state index is 0.0250. The van der Waals surface area contributed by atoms with Crippen LogP contribution >= 0.6 is 24.0 Å². The van der Waals surface area contributed by atoms with Crippen molar-refractivity contribution in [3.05, 3.63) is 40.8 Å². The summed E-state index contributed by atoms with van der Waals surface area (Å²) in [4.78, 5) is 22.9. The van der Waals surface area contributed by atoms with E-state index in [1.165, 1.54) is 24.6 Å². The predicted octanol–water partition coefficient (Wildman–Crippen LogP) is 5.72. The lowest BCUT2D eigenvalue weighted by Crippen LogP contribution is -2.34. The number of benzene rings is 1. The topological polar surface area (TPSA) is 36.4 Å². The molecule has 0 radical (unpaired) electrons. The number of hydrogen-bond acceptors (Lipinski definition) is 5. The van der Waals surface area contributed by atoms with Crippen LogP contribution in [0.4, 0.5) is 5.82 Å². The fourth-order valence-corrected chi connectivity index (χ4v) is 5.22. The lowest BCUT2D eigenvalue weighted by molar-refractivity contribution is -0.122. The van der Waals surface area contributed by atoms with Crippen LogP contribution in [0.25, 0.3) is 17.0 Å². The highest BCUT2D eigenvalue weighted by atomic mass is 32.2. The van der Waals surface area contributed by atoms with Gasteiger partial charge in [0, 0.05) is 30.6 Å². The van der Waals surface area contributed by atoms with Gasteiger partial charge in [0.25, 0.3) is 5.91 Å². The van der Waals surface area contributed by atoms with Gasteiger partial charge in [0.05, 0.1) is 10.4 Å². The van der Waals surface area contributed by atoms with Gasteiger partial charge in [-0.15, -0.1) is 0 Å². The molecule has 0 N–H and O–H groups in total. The van der Waals surface area contributed by atoms with Crippen molar-refractivity contribution in [1.29, 1.82) is 0 Å². The highest BCUT2D eigenvalue weighted by molar-refractivity contribution is 8.26. The van der Waals surface area contributed by atoms with E-state index in [0.29, 0.717) is 21.7 Å². The third kappa shape index (κ3) is 4.54. The number of thiocarbonyl (C=S) groups is 1. The first-order valence-electron chi connectivity index (χ1n) is 10.8. The van der Waals surface area contributed by atoms with Gasteiger partial charge < -0.3 is 4.90 Å². The Morgan fingerprint density at radius 1 is 1.27 bits per heavy atom. The summed E-state index contributed by atoms with van der Waals surface area (Å²) in [5.41, 5.74) is 2.00. The zero-order valence-electron chi connectivity index (χ0n) is 17.9. The average Bonchev–Trinajstić information content (AvgIpc) is 2.99. The third-order valence-electron chi connectivity index (χ3n) is 5.91. The molecule has 1 aromatic carbocycles. The van der Waals surface area contributed by atoms with Crippen LogP contribution in [0.1, 0.15) is 45.6 Å². The monoisotopic (exact) mass is 439 g/mol. The molecule has 2 aliphatic rings. The number of carbonyl (C=O) groups is 1. The fourth-order valence-electron chi connectivity index (χ4n) is 3.92. The Morgan fingerprint density at radius 3 is 2.73 bits per heavy atom. The predicted molar refractivity (Wildman–Crippen MR) is 132 cm³/mol. The number of piperidine rings is 1. The van der Waals surface area contributed by atoms with E-state index in [-0.39, 0.29) is 5.91 Å². The molecule has 3 heterocycles. The van der Waals surface area contributed by atoms with E-state index < -0.39 is 0 Å². The van der Waals surface area contributed by atoms with Crippen molar-refractivity contribution in [3.8, 4) is 0 Å². The number of thioether (sulfide) groups is 1. The Hall–Kier alpha value is -1.92. The quantitative estimate of drug-likeness (QED) is 0.440. The molecule has 2 fully saturated rings. The van der Waals surface area contributed by atoms with Crippen molar-refractivity contribution in [1.82, 2.24) is 9.88 Å². The maximum Gasteiger partial charge on any atom is 0.266 e. The number of fused-ring (bicyclic) bond motifs is 1. The number of amides is 1. The summed E-state index contributed by atoms with van der Waals surface area (Å²) in [7, 11) is 0. The van der Waals surface area contributed by atoms with E-state index in [0.717, 1.165) is 47.7 Å². The van der Waals surface area contributed by atoms with E-state index in [4.69, 9.17) is 17.2 Å². The minimum Gasteiger partial charge on any atom is -0.356 e. The molecule has 4 nitrogen and oxygen atoms in total. The molecule has 0 spiro atoms. The molecular formula is C24H29N3OS2. The zero-order chi connectivity index (χ0) is 21.3. The molecule has 0 bridgehead atoms. The third-order valence-corrected chi connectivity index (χ3v) is 7.28. The summed E-state index contributed by atoms with van der Waals surface area (Å²) in [6.07, 6.45) is 5.30. The summed E-state index contributed by atoms with van der Waals surface area (Å²) < 4.78 is 0.661. The largest absolute Gasteiger partial charge is 0.356 e. The molecule has 2 saturated heterocycles. The Morgan fingerprint density at radius 2 is 2.00 bits per heavy atom. The van der Waals surface area contributed by atoms with Gasteiger partial charge in [-0.25, -0.2) is 4.98 Å². The molecule has 0 saturated carbocycles. The standard InChI is InChI=1S/C24H29N3OS2/c1-16(2)8-13-27-23(28)21(30-24(27)29)15-19-14-18-6-4-5-7-20(18)25-22(19)26-11-9-17(3)10-12-26/h4-7,14-17H,8-13H2,1-3H3/b21-15-. The van der Waals surface area contributed by atoms with E-state index in [1.807, 2.05) is 18.2 Å². The molecule has 1 aromatic heterocycles. The van der Waals surface area contributed by atoms with Crippen LogP contribution in [0.3, 0.4) is 0 Å². The molecule has 30 heavy (non-hydrogen) atoms. The first kappa shape index (κ1) is 21.3. The normalized spacial score (nSPS) is 19.7. The number of rotatable bonds is 5. The van der Waals surface area contributed by atoms with Gasteiger partial charge in [-0.1, -0.05) is 63.0 Å². The van der Waals surface area contributed by atoms with Crippen LogP contribution in [-0.4, -0.2) is 39.7 Å². The van der Waals surface area contributed by atoms with Gasteiger partial charge in [0.2, 0.25) is 0 Å². The Balaban J connectivity index is 1.69. The summed E-state index contributed by atoms with van der Waals surface area (Å²) in [5.74, 6) is 2.30. The van der Waals surface area contributed by atoms with Gasteiger partial charge >= 0.3 is 0 Å². The van der Waals surface area contributed by atoms with Gasteiger partial charge in [-0.05, 0) is 49.3 Å². The molecular weight excluding hydrogens is 410 g/mol. The molecule has 2 aliphatic heterocycles. The Kier molecular flexibility index (Phi) is 6.44. The number of nitrogens with zero attached hydrogens (tertiary/aromatic N) is 3. The number of anilines is 1. The molecule has 0 unspecified atom stereocenters. The maximum atomic E-state index is 13.0. The smallest absolute Gasteiger partial charge is 0.266 e. The van der Waals surface area contributed by atoms with E-state index in [2.05, 4.69) is 43.9 Å². The number of para-hydroxylation sites is 1. The lowest BCUT2D eigenvalue weighted by atomic mass is 9.98. The summed E-state index contributed by atoms with van der Waals surface area (Å²) >= 11 is 6.92. The van der Waals surface area contributed by atoms with Crippen molar-refractivity contribution < 1.29 is 4.79 Å². The van der Waals surface area contributed by atoms with Crippen molar-refractivity contribution in [3.63, 3.8) is 0 Å². The van der Waals surface area contributed by atoms with Gasteiger partial charge in [-0.2, -0.15) is 0 Å². The lowest BCUT2D eigenvalue weighted by Gasteiger charge is -2.32. The first-order chi connectivity index (χ1) is 14.4. The summed E-state index contributed by atoms with van der Waals surface area (Å²) in [6.45, 7) is 9.34. The molecule has 0 atom stereocenters. The minimum absolute atomic E-state index is 0.0250. The summed E-state index contributed by atoms with van der Waals surface area (Å²) in [5, 5.41) is 1.09. The Labute approximate surface area is 188 Å². The number of hydrogen-bond donors (Lipinski definition) is 0. The van der Waals surface area contributed by atoms with E-state index >= 15 is 0 Å². The molecule has 158 valence electrons. The Bertz CT molecular complexity index is 993. The highest BCUT2D eigenvalue weighted by Crippen LogP contribution is 2.36. The molecule has 4 rings (SSSR count). The SMILES string of the molecule is CC(C)CCN1C(=O)/C(=C/c2cc3ccccc3nc2N2CCC(C)CC2)SC1=S. The van der Waals surface area contributed by atoms with E-state index in [1.54, 1.807) is 4.90 Å². The van der Waals surface area contributed by atoms with Gasteiger partial charge in [-0.3, -0.25) is 9.69 Å². The average molecular weight is 440 g/mol. The van der Waals surface area contributed by atoms with Crippen LogP contribution in [0, 0.1) is 11.8 Å². The number of pyridine rings is 1. The number of aromatic nitrogens is 1. The van der Waals surface area contributed by atoms with Crippen molar-refractivity contribution in [2.24, 2.45) is 11.8 Å². The zero-order valence-corrected chi connectivity index (χ0v) is 19.6. The number of carbonyl (C=O) groups excluding carboxylic acids is 1. The molecule has 6 heteroatoms. The van der Waals surface area contributed by atoms with Crippen LogP contribution in [0.5, 0.6) is 0 Å². The molecule has 0 aliphatic carbocycles. The fraction of sp³-hybridized carbons (Fsp3) is 0.458. The molecule has 2 aromatic rings. The van der Waals surface area contributed by atoms with Crippen molar-refractivity contribution >= 4 is 57.0 Å².